The van der Waals surface area contributed by atoms with Gasteiger partial charge in [-0.15, -0.1) is 0 Å². The van der Waals surface area contributed by atoms with Crippen LogP contribution in [-0.2, 0) is 4.79 Å². The number of anilines is 1. The van der Waals surface area contributed by atoms with Crippen molar-refractivity contribution in [1.82, 2.24) is 0 Å². The lowest BCUT2D eigenvalue weighted by molar-refractivity contribution is -0.113. The molecule has 0 atom stereocenters. The number of rotatable bonds is 2. The highest BCUT2D eigenvalue weighted by atomic mass is 32.2. The fourth-order valence-corrected chi connectivity index (χ4v) is 3.76. The summed E-state index contributed by atoms with van der Waals surface area (Å²) in [6.45, 7) is 3.96. The Hall–Kier alpha value is -1.98. The van der Waals surface area contributed by atoms with Crippen LogP contribution >= 0.6 is 24.0 Å². The Morgan fingerprint density at radius 3 is 2.65 bits per heavy atom. The van der Waals surface area contributed by atoms with Crippen molar-refractivity contribution >= 4 is 46.0 Å². The van der Waals surface area contributed by atoms with Gasteiger partial charge in [-0.3, -0.25) is 9.69 Å². The van der Waals surface area contributed by atoms with Crippen LogP contribution in [0, 0.1) is 19.7 Å². The number of carbonyl (C=O) groups is 1. The predicted octanol–water partition coefficient (Wildman–Crippen LogP) is 4.85. The summed E-state index contributed by atoms with van der Waals surface area (Å²) in [6, 6.07) is 12.0. The van der Waals surface area contributed by atoms with Gasteiger partial charge in [0.05, 0.1) is 10.6 Å². The summed E-state index contributed by atoms with van der Waals surface area (Å²) in [5.74, 6) is -0.500. The number of hydrogen-bond acceptors (Lipinski definition) is 3. The number of aryl methyl sites for hydroxylation is 2. The number of carbonyl (C=O) groups excluding carboxylic acids is 1. The quantitative estimate of drug-likeness (QED) is 0.574. The van der Waals surface area contributed by atoms with Gasteiger partial charge in [-0.2, -0.15) is 0 Å². The van der Waals surface area contributed by atoms with Crippen molar-refractivity contribution in [3.8, 4) is 0 Å². The minimum absolute atomic E-state index is 0.170. The van der Waals surface area contributed by atoms with Crippen molar-refractivity contribution in [2.45, 2.75) is 13.8 Å². The van der Waals surface area contributed by atoms with Crippen molar-refractivity contribution in [2.75, 3.05) is 4.90 Å². The Labute approximate surface area is 144 Å². The number of benzene rings is 2. The van der Waals surface area contributed by atoms with Crippen LogP contribution in [0.1, 0.15) is 16.7 Å². The van der Waals surface area contributed by atoms with Gasteiger partial charge >= 0.3 is 0 Å². The van der Waals surface area contributed by atoms with Crippen molar-refractivity contribution in [3.63, 3.8) is 0 Å². The lowest BCUT2D eigenvalue weighted by Crippen LogP contribution is -2.28. The molecule has 0 aromatic heterocycles. The van der Waals surface area contributed by atoms with E-state index >= 15 is 0 Å². The number of hydrogen-bond donors (Lipinski definition) is 0. The van der Waals surface area contributed by atoms with Crippen LogP contribution in [0.15, 0.2) is 47.4 Å². The molecule has 1 fully saturated rings. The second kappa shape index (κ2) is 6.26. The molecule has 0 aliphatic carbocycles. The largest absolute Gasteiger partial charge is 0.270 e. The highest BCUT2D eigenvalue weighted by Gasteiger charge is 2.33. The zero-order chi connectivity index (χ0) is 16.6. The first-order valence-electron chi connectivity index (χ1n) is 7.06. The highest BCUT2D eigenvalue weighted by molar-refractivity contribution is 8.27. The van der Waals surface area contributed by atoms with E-state index in [0.29, 0.717) is 14.8 Å². The highest BCUT2D eigenvalue weighted by Crippen LogP contribution is 2.37. The summed E-state index contributed by atoms with van der Waals surface area (Å²) >= 11 is 6.60. The van der Waals surface area contributed by atoms with Crippen LogP contribution < -0.4 is 4.90 Å². The van der Waals surface area contributed by atoms with Crippen molar-refractivity contribution in [2.24, 2.45) is 0 Å². The van der Waals surface area contributed by atoms with Gasteiger partial charge in [0.15, 0.2) is 4.32 Å². The molecule has 5 heteroatoms. The molecular weight excluding hydrogens is 329 g/mol. The first-order valence-corrected chi connectivity index (χ1v) is 8.29. The zero-order valence-electron chi connectivity index (χ0n) is 12.7. The van der Waals surface area contributed by atoms with Gasteiger partial charge in [-0.1, -0.05) is 53.8 Å². The molecule has 0 N–H and O–H groups in total. The van der Waals surface area contributed by atoms with Gasteiger partial charge in [0.25, 0.3) is 5.91 Å². The van der Waals surface area contributed by atoms with E-state index in [1.54, 1.807) is 23.1 Å². The fraction of sp³-hybridized carbons (Fsp3) is 0.111. The van der Waals surface area contributed by atoms with Gasteiger partial charge < -0.3 is 0 Å². The van der Waals surface area contributed by atoms with Crippen molar-refractivity contribution in [1.29, 1.82) is 0 Å². The summed E-state index contributed by atoms with van der Waals surface area (Å²) in [5.41, 5.74) is 3.56. The van der Waals surface area contributed by atoms with E-state index in [4.69, 9.17) is 12.2 Å². The molecule has 2 nitrogen and oxygen atoms in total. The average Bonchev–Trinajstić information content (AvgIpc) is 2.74. The van der Waals surface area contributed by atoms with E-state index in [9.17, 15) is 9.18 Å². The second-order valence-electron chi connectivity index (χ2n) is 5.36. The first kappa shape index (κ1) is 15.9. The molecule has 1 amide bonds. The molecule has 116 valence electrons. The standard InChI is InChI=1S/C18H14FNOS2/c1-11-6-7-15(12(2)8-11)20-17(21)16(23-18(20)22)10-13-4-3-5-14(19)9-13/h3-10H,1-2H3/b16-10-. The van der Waals surface area contributed by atoms with Crippen LogP contribution in [0.25, 0.3) is 6.08 Å². The van der Waals surface area contributed by atoms with E-state index < -0.39 is 0 Å². The molecule has 0 spiro atoms. The maximum Gasteiger partial charge on any atom is 0.270 e. The second-order valence-corrected chi connectivity index (χ2v) is 7.04. The van der Waals surface area contributed by atoms with Gasteiger partial charge in [-0.25, -0.2) is 4.39 Å². The van der Waals surface area contributed by atoms with Crippen LogP contribution in [-0.4, -0.2) is 10.2 Å². The first-order chi connectivity index (χ1) is 11.0. The van der Waals surface area contributed by atoms with E-state index in [2.05, 4.69) is 0 Å². The Balaban J connectivity index is 1.97. The van der Waals surface area contributed by atoms with Gasteiger partial charge in [0.2, 0.25) is 0 Å². The monoisotopic (exact) mass is 343 g/mol. The SMILES string of the molecule is Cc1ccc(N2C(=O)/C(=C/c3cccc(F)c3)SC2=S)c(C)c1. The minimum Gasteiger partial charge on any atom is -0.268 e. The third-order valence-corrected chi connectivity index (χ3v) is 4.84. The number of halogens is 1. The van der Waals surface area contributed by atoms with Gasteiger partial charge in [0.1, 0.15) is 5.82 Å². The van der Waals surface area contributed by atoms with Crippen LogP contribution in [0.4, 0.5) is 10.1 Å². The van der Waals surface area contributed by atoms with Gasteiger partial charge in [-0.05, 0) is 49.2 Å². The smallest absolute Gasteiger partial charge is 0.268 e. The predicted molar refractivity (Wildman–Crippen MR) is 98.0 cm³/mol. The molecule has 23 heavy (non-hydrogen) atoms. The van der Waals surface area contributed by atoms with E-state index in [1.165, 1.54) is 23.9 Å². The molecule has 3 rings (SSSR count). The summed E-state index contributed by atoms with van der Waals surface area (Å²) < 4.78 is 13.8. The minimum atomic E-state index is -0.330. The number of thioether (sulfide) groups is 1. The Kier molecular flexibility index (Phi) is 4.33. The molecule has 0 bridgehead atoms. The Morgan fingerprint density at radius 2 is 1.96 bits per heavy atom. The lowest BCUT2D eigenvalue weighted by atomic mass is 10.1. The van der Waals surface area contributed by atoms with E-state index in [-0.39, 0.29) is 11.7 Å². The van der Waals surface area contributed by atoms with Crippen LogP contribution in [0.3, 0.4) is 0 Å². The third-order valence-electron chi connectivity index (χ3n) is 3.53. The molecule has 0 radical (unpaired) electrons. The van der Waals surface area contributed by atoms with Crippen LogP contribution in [0.5, 0.6) is 0 Å². The molecule has 0 unspecified atom stereocenters. The molecule has 2 aromatic rings. The third kappa shape index (κ3) is 3.21. The number of amides is 1. The lowest BCUT2D eigenvalue weighted by Gasteiger charge is -2.17. The van der Waals surface area contributed by atoms with Crippen LogP contribution in [0.2, 0.25) is 0 Å². The fourth-order valence-electron chi connectivity index (χ4n) is 2.48. The summed E-state index contributed by atoms with van der Waals surface area (Å²) in [4.78, 5) is 14.7. The topological polar surface area (TPSA) is 20.3 Å². The zero-order valence-corrected chi connectivity index (χ0v) is 14.3. The maximum atomic E-state index is 13.3. The van der Waals surface area contributed by atoms with E-state index in [1.807, 2.05) is 32.0 Å². The molecule has 1 heterocycles. The maximum absolute atomic E-state index is 13.3. The Morgan fingerprint density at radius 1 is 1.17 bits per heavy atom. The summed E-state index contributed by atoms with van der Waals surface area (Å²) in [6.07, 6.45) is 1.67. The molecular formula is C18H14FNOS2. The normalized spacial score (nSPS) is 16.5. The summed E-state index contributed by atoms with van der Waals surface area (Å²) in [5, 5.41) is 0. The molecule has 0 saturated carbocycles. The molecule has 2 aromatic carbocycles. The summed E-state index contributed by atoms with van der Waals surface area (Å²) in [7, 11) is 0. The Bertz CT molecular complexity index is 845. The molecule has 1 saturated heterocycles. The average molecular weight is 343 g/mol. The van der Waals surface area contributed by atoms with Gasteiger partial charge in [0, 0.05) is 0 Å². The van der Waals surface area contributed by atoms with E-state index in [0.717, 1.165) is 16.8 Å². The molecule has 1 aliphatic rings. The van der Waals surface area contributed by atoms with Crippen molar-refractivity contribution < 1.29 is 9.18 Å². The number of nitrogens with zero attached hydrogens (tertiary/aromatic N) is 1. The van der Waals surface area contributed by atoms with Crippen molar-refractivity contribution in [3.05, 3.63) is 69.9 Å². The molecule has 1 aliphatic heterocycles. The number of thiocarbonyl (C=S) groups is 1.